The van der Waals surface area contributed by atoms with Crippen molar-refractivity contribution in [3.8, 4) is 0 Å². The molecule has 0 amide bonds. The number of hydrogen-bond donors (Lipinski definition) is 0. The molecule has 2 aromatic carbocycles. The summed E-state index contributed by atoms with van der Waals surface area (Å²) in [6.07, 6.45) is -0.162. The van der Waals surface area contributed by atoms with Gasteiger partial charge in [0.05, 0.1) is 5.41 Å². The van der Waals surface area contributed by atoms with Crippen LogP contribution in [0.3, 0.4) is 0 Å². The minimum absolute atomic E-state index is 0.0783. The fraction of sp³-hybridized carbons (Fsp3) is 0.381. The Morgan fingerprint density at radius 3 is 2.00 bits per heavy atom. The molecule has 2 rings (SSSR count). The van der Waals surface area contributed by atoms with Crippen LogP contribution >= 0.6 is 11.6 Å². The van der Waals surface area contributed by atoms with Gasteiger partial charge in [-0.05, 0) is 45.1 Å². The summed E-state index contributed by atoms with van der Waals surface area (Å²) in [5, 5.41) is 0.355. The second kappa shape index (κ2) is 8.62. The SMILES string of the molecule is CCC(=O)[C@](C[C@@H](C)N(C)C)(c1ccc(Cl)cc1)c1c(F)c(F)cc(F)c1F. The summed E-state index contributed by atoms with van der Waals surface area (Å²) >= 11 is 5.93. The van der Waals surface area contributed by atoms with Gasteiger partial charge < -0.3 is 4.90 Å². The lowest BCUT2D eigenvalue weighted by Crippen LogP contribution is -2.44. The Hall–Kier alpha value is -1.92. The first-order chi connectivity index (χ1) is 13.1. The van der Waals surface area contributed by atoms with Gasteiger partial charge in [0.15, 0.2) is 23.3 Å². The van der Waals surface area contributed by atoms with E-state index in [0.29, 0.717) is 5.02 Å². The lowest BCUT2D eigenvalue weighted by molar-refractivity contribution is -0.123. The average Bonchev–Trinajstić information content (AvgIpc) is 2.65. The fourth-order valence-corrected chi connectivity index (χ4v) is 3.51. The molecule has 0 fully saturated rings. The molecule has 0 N–H and O–H groups in total. The van der Waals surface area contributed by atoms with Crippen LogP contribution in [0.1, 0.15) is 37.8 Å². The number of Topliss-reactive ketones (excluding diaryl/α,β-unsaturated/α-hetero) is 1. The Kier molecular flexibility index (Phi) is 6.88. The van der Waals surface area contributed by atoms with E-state index in [1.165, 1.54) is 24.3 Å². The number of nitrogens with zero attached hydrogens (tertiary/aromatic N) is 1. The fourth-order valence-electron chi connectivity index (χ4n) is 3.39. The number of hydrogen-bond acceptors (Lipinski definition) is 2. The van der Waals surface area contributed by atoms with Crippen molar-refractivity contribution in [2.45, 2.75) is 38.1 Å². The first kappa shape index (κ1) is 22.4. The van der Waals surface area contributed by atoms with E-state index in [9.17, 15) is 22.4 Å². The molecule has 2 nitrogen and oxygen atoms in total. The van der Waals surface area contributed by atoms with E-state index in [0.717, 1.165) is 0 Å². The summed E-state index contributed by atoms with van der Waals surface area (Å²) in [4.78, 5) is 14.9. The molecule has 0 aromatic heterocycles. The monoisotopic (exact) mass is 415 g/mol. The number of benzene rings is 2. The van der Waals surface area contributed by atoms with Gasteiger partial charge in [0.2, 0.25) is 0 Å². The Bertz CT molecular complexity index is 843. The molecule has 0 radical (unpaired) electrons. The lowest BCUT2D eigenvalue weighted by atomic mass is 9.66. The van der Waals surface area contributed by atoms with Crippen LogP contribution in [-0.4, -0.2) is 30.8 Å². The Morgan fingerprint density at radius 2 is 1.57 bits per heavy atom. The molecular weight excluding hydrogens is 394 g/mol. The molecule has 0 saturated carbocycles. The molecule has 0 spiro atoms. The molecule has 0 bridgehead atoms. The summed E-state index contributed by atoms with van der Waals surface area (Å²) in [5.41, 5.74) is -2.60. The third-order valence-corrected chi connectivity index (χ3v) is 5.41. The molecular formula is C21H22ClF4NO. The van der Waals surface area contributed by atoms with Gasteiger partial charge in [0.1, 0.15) is 5.78 Å². The van der Waals surface area contributed by atoms with Gasteiger partial charge in [0, 0.05) is 29.1 Å². The van der Waals surface area contributed by atoms with Gasteiger partial charge >= 0.3 is 0 Å². The van der Waals surface area contributed by atoms with Gasteiger partial charge in [-0.1, -0.05) is 30.7 Å². The van der Waals surface area contributed by atoms with Crippen molar-refractivity contribution in [2.75, 3.05) is 14.1 Å². The third-order valence-electron chi connectivity index (χ3n) is 5.16. The van der Waals surface area contributed by atoms with Crippen LogP contribution in [0, 0.1) is 23.3 Å². The largest absolute Gasteiger partial charge is 0.307 e. The van der Waals surface area contributed by atoms with E-state index < -0.39 is 40.0 Å². The molecule has 0 heterocycles. The maximum atomic E-state index is 14.9. The quantitative estimate of drug-likeness (QED) is 0.439. The molecule has 0 unspecified atom stereocenters. The van der Waals surface area contributed by atoms with Crippen molar-refractivity contribution in [2.24, 2.45) is 0 Å². The Labute approximate surface area is 167 Å². The van der Waals surface area contributed by atoms with Crippen LogP contribution in [0.25, 0.3) is 0 Å². The smallest absolute Gasteiger partial charge is 0.166 e. The van der Waals surface area contributed by atoms with E-state index in [1.54, 1.807) is 32.8 Å². The van der Waals surface area contributed by atoms with Gasteiger partial charge in [0.25, 0.3) is 0 Å². The summed E-state index contributed by atoms with van der Waals surface area (Å²) in [5.74, 6) is -6.78. The highest BCUT2D eigenvalue weighted by atomic mass is 35.5. The predicted molar refractivity (Wildman–Crippen MR) is 102 cm³/mol. The van der Waals surface area contributed by atoms with Crippen LogP contribution < -0.4 is 0 Å². The highest BCUT2D eigenvalue weighted by Crippen LogP contribution is 2.43. The zero-order chi connectivity index (χ0) is 21.2. The summed E-state index contributed by atoms with van der Waals surface area (Å²) in [7, 11) is 3.49. The highest BCUT2D eigenvalue weighted by molar-refractivity contribution is 6.30. The number of rotatable bonds is 7. The van der Waals surface area contributed by atoms with Crippen LogP contribution in [-0.2, 0) is 10.2 Å². The van der Waals surface area contributed by atoms with Gasteiger partial charge in [-0.15, -0.1) is 0 Å². The number of carbonyl (C=O) groups is 1. The molecule has 0 saturated heterocycles. The topological polar surface area (TPSA) is 20.3 Å². The molecule has 0 aliphatic heterocycles. The molecule has 28 heavy (non-hydrogen) atoms. The normalized spacial score (nSPS) is 14.8. The van der Waals surface area contributed by atoms with Crippen molar-refractivity contribution >= 4 is 17.4 Å². The maximum Gasteiger partial charge on any atom is 0.166 e. The maximum absolute atomic E-state index is 14.9. The van der Waals surface area contributed by atoms with Crippen molar-refractivity contribution in [3.63, 3.8) is 0 Å². The van der Waals surface area contributed by atoms with Crippen molar-refractivity contribution in [1.29, 1.82) is 0 Å². The van der Waals surface area contributed by atoms with E-state index in [4.69, 9.17) is 11.6 Å². The Morgan fingerprint density at radius 1 is 1.07 bits per heavy atom. The zero-order valence-electron chi connectivity index (χ0n) is 16.1. The molecule has 2 aromatic rings. The van der Waals surface area contributed by atoms with Crippen molar-refractivity contribution in [1.82, 2.24) is 4.90 Å². The first-order valence-corrected chi connectivity index (χ1v) is 9.23. The summed E-state index contributed by atoms with van der Waals surface area (Å²) < 4.78 is 57.9. The molecule has 2 atom stereocenters. The summed E-state index contributed by atoms with van der Waals surface area (Å²) in [6.45, 7) is 3.30. The van der Waals surface area contributed by atoms with E-state index in [1.807, 2.05) is 0 Å². The zero-order valence-corrected chi connectivity index (χ0v) is 16.9. The van der Waals surface area contributed by atoms with Gasteiger partial charge in [-0.25, -0.2) is 17.6 Å². The van der Waals surface area contributed by atoms with E-state index in [-0.39, 0.29) is 30.5 Å². The minimum Gasteiger partial charge on any atom is -0.307 e. The molecule has 7 heteroatoms. The number of ketones is 1. The first-order valence-electron chi connectivity index (χ1n) is 8.85. The van der Waals surface area contributed by atoms with Crippen LogP contribution in [0.2, 0.25) is 5.02 Å². The van der Waals surface area contributed by atoms with Gasteiger partial charge in [-0.2, -0.15) is 0 Å². The highest BCUT2D eigenvalue weighted by Gasteiger charge is 2.47. The van der Waals surface area contributed by atoms with Crippen LogP contribution in [0.15, 0.2) is 30.3 Å². The van der Waals surface area contributed by atoms with E-state index in [2.05, 4.69) is 0 Å². The molecule has 0 aliphatic rings. The van der Waals surface area contributed by atoms with E-state index >= 15 is 0 Å². The minimum atomic E-state index is -1.92. The lowest BCUT2D eigenvalue weighted by Gasteiger charge is -2.38. The average molecular weight is 416 g/mol. The number of halogens is 5. The van der Waals surface area contributed by atoms with Gasteiger partial charge in [-0.3, -0.25) is 4.79 Å². The second-order valence-corrected chi connectivity index (χ2v) is 7.49. The standard InChI is InChI=1S/C21H22ClF4NO/c1-5-17(28)21(11-12(2)27(3)4,13-6-8-14(22)9-7-13)18-19(25)15(23)10-16(24)20(18)26/h6-10,12H,5,11H2,1-4H3/t12-,21+/m1/s1. The predicted octanol–water partition coefficient (Wildman–Crippen LogP) is 5.50. The third kappa shape index (κ3) is 3.94. The Balaban J connectivity index is 2.96. The molecule has 152 valence electrons. The second-order valence-electron chi connectivity index (χ2n) is 7.05. The molecule has 0 aliphatic carbocycles. The van der Waals surface area contributed by atoms with Crippen molar-refractivity contribution in [3.05, 3.63) is 69.8 Å². The van der Waals surface area contributed by atoms with Crippen LogP contribution in [0.4, 0.5) is 17.6 Å². The number of carbonyl (C=O) groups excluding carboxylic acids is 1. The van der Waals surface area contributed by atoms with Crippen LogP contribution in [0.5, 0.6) is 0 Å². The van der Waals surface area contributed by atoms with Crippen molar-refractivity contribution < 1.29 is 22.4 Å². The summed E-state index contributed by atoms with van der Waals surface area (Å²) in [6, 6.07) is 5.67.